The molecule has 5 aromatic carbocycles. The Morgan fingerprint density at radius 3 is 0.822 bits per heavy atom. The third-order valence-corrected chi connectivity index (χ3v) is 24.2. The average molecular weight is 1820 g/mol. The molecule has 135 heavy (non-hydrogen) atoms. The van der Waals surface area contributed by atoms with E-state index in [1.807, 2.05) is 97.1 Å². The second-order valence-corrected chi connectivity index (χ2v) is 33.6. The van der Waals surface area contributed by atoms with Gasteiger partial charge in [-0.05, 0) is 284 Å². The number of piperidine rings is 2. The first kappa shape index (κ1) is 92.7. The van der Waals surface area contributed by atoms with Crippen molar-refractivity contribution in [2.45, 2.75) is 97.8 Å². The Hall–Kier alpha value is -15.6. The molecule has 0 unspecified atom stereocenters. The number of aromatic nitrogens is 15. The molecule has 15 heterocycles. The summed E-state index contributed by atoms with van der Waals surface area (Å²) in [5.41, 5.74) is 15.0. The smallest absolute Gasteiger partial charge is 0.309 e. The van der Waals surface area contributed by atoms with Crippen molar-refractivity contribution in [3.63, 3.8) is 0 Å². The van der Waals surface area contributed by atoms with Crippen molar-refractivity contribution < 1.29 is 51.1 Å². The number of hydrogen-bond donors (Lipinski definition) is 0. The van der Waals surface area contributed by atoms with E-state index >= 15 is 0 Å². The third-order valence-electron chi connectivity index (χ3n) is 24.2. The van der Waals surface area contributed by atoms with Crippen molar-refractivity contribution in [1.29, 1.82) is 0 Å². The average Bonchev–Trinajstić information content (AvgIpc) is 1.67. The molecule has 0 saturated carbocycles. The predicted octanol–water partition coefficient (Wildman–Crippen LogP) is 18.3. The summed E-state index contributed by atoms with van der Waals surface area (Å²) in [4.78, 5) is 106. The van der Waals surface area contributed by atoms with Crippen molar-refractivity contribution in [3.05, 3.63) is 332 Å². The van der Waals surface area contributed by atoms with E-state index in [2.05, 4.69) is 76.4 Å². The number of carbonyl (C=O) groups is 6. The molecule has 0 aliphatic carbocycles. The number of pyridine rings is 5. The maximum Gasteiger partial charge on any atom is 0.309 e. The monoisotopic (exact) mass is 1820 g/mol. The largest absolute Gasteiger partial charge is 0.466 e. The molecule has 31 heteroatoms. The van der Waals surface area contributed by atoms with E-state index in [4.69, 9.17) is 4.74 Å². The zero-order chi connectivity index (χ0) is 93.7. The number of hydrogen-bond acceptors (Lipinski definition) is 17. The van der Waals surface area contributed by atoms with Crippen molar-refractivity contribution in [2.24, 2.45) is 11.8 Å². The highest BCUT2D eigenvalue weighted by molar-refractivity contribution is 5.97. The van der Waals surface area contributed by atoms with Gasteiger partial charge < -0.3 is 29.2 Å². The summed E-state index contributed by atoms with van der Waals surface area (Å²) in [6.45, 7) is 13.6. The molecule has 0 N–H and O–H groups in total. The molecule has 15 aromatic rings. The fourth-order valence-corrected chi connectivity index (χ4v) is 16.7. The van der Waals surface area contributed by atoms with Crippen LogP contribution in [0.1, 0.15) is 149 Å². The Morgan fingerprint density at radius 1 is 0.304 bits per heavy atom. The third kappa shape index (κ3) is 23.0. The first-order chi connectivity index (χ1) is 65.8. The highest BCUT2D eigenvalue weighted by Gasteiger charge is 2.33. The number of likely N-dealkylation sites (tertiary alicyclic amines) is 5. The number of halogens is 4. The molecule has 5 aliphatic rings. The first-order valence-corrected chi connectivity index (χ1v) is 45.6. The van der Waals surface area contributed by atoms with E-state index in [9.17, 15) is 46.3 Å². The number of nitrogens with zero attached hydrogens (tertiary/aromatic N) is 20. The van der Waals surface area contributed by atoms with Crippen LogP contribution < -0.4 is 0 Å². The minimum Gasteiger partial charge on any atom is -0.466 e. The maximum absolute atomic E-state index is 13.4. The number of esters is 1. The minimum absolute atomic E-state index is 0.0119. The second kappa shape index (κ2) is 44.1. The summed E-state index contributed by atoms with van der Waals surface area (Å²) in [6, 6.07) is 60.1. The standard InChI is InChI=1S/C23H23FN4O3.C22H24N4O.C21H21FN4O.2C19H17FN4O/c1-2-31-23(30)16-9-12-27(13-10-16)22(29)20-14-21(17-4-3-11-25-15-17)28(26-20)19-7-5-18(24)6-8-19;1-16-5-7-19(8-6-16)26-21(18-4-3-11-23-15-18)14-20(24-26)22(27)25-12-9-17(2)10-13-25;22-17-7-9-18(10-8-17)26-20(16-6-5-11-23-15-16)14-19(24-26)21(27)25-12-3-1-2-4-13-25;20-15-3-5-16(6-4-15)24-18(14-7-9-21-10-8-14)13-17(22-24)19(25)23-11-1-2-12-23;20-15-5-7-16(8-6-15)24-18(14-4-3-9-21-13-14)12-17(22-24)19(25)23-10-1-2-11-23/h3-8,11,14-16H,2,9-10,12-13H2,1H3;3-8,11,14-15,17H,9-10,12-13H2,1-2H3;5-11,14-15H,1-4,12-13H2;3-10,13H,1-2,11-12H2;3-9,12-13H,1-2,10-11H2. The summed E-state index contributed by atoms with van der Waals surface area (Å²) in [5.74, 6) is -1.34. The molecule has 0 radical (unpaired) electrons. The molecule has 5 fully saturated rings. The number of amides is 5. The molecule has 688 valence electrons. The molecule has 10 aromatic heterocycles. The van der Waals surface area contributed by atoms with Gasteiger partial charge in [-0.25, -0.2) is 41.0 Å². The fourth-order valence-electron chi connectivity index (χ4n) is 16.7. The van der Waals surface area contributed by atoms with Crippen LogP contribution in [0.5, 0.6) is 0 Å². The number of carbonyl (C=O) groups excluding carboxylic acids is 6. The maximum atomic E-state index is 13.4. The zero-order valence-electron chi connectivity index (χ0n) is 75.2. The molecule has 5 saturated heterocycles. The molecule has 0 spiro atoms. The van der Waals surface area contributed by atoms with Crippen LogP contribution in [0.3, 0.4) is 0 Å². The molecule has 27 nitrogen and oxygen atoms in total. The van der Waals surface area contributed by atoms with E-state index in [0.29, 0.717) is 89.7 Å². The Morgan fingerprint density at radius 2 is 0.556 bits per heavy atom. The first-order valence-electron chi connectivity index (χ1n) is 45.6. The van der Waals surface area contributed by atoms with Crippen molar-refractivity contribution >= 4 is 35.5 Å². The molecule has 0 atom stereocenters. The Balaban J connectivity index is 0.000000123. The quantitative estimate of drug-likeness (QED) is 0.0605. The summed E-state index contributed by atoms with van der Waals surface area (Å²) in [7, 11) is 0. The molecule has 0 bridgehead atoms. The van der Waals surface area contributed by atoms with Crippen LogP contribution in [0.25, 0.3) is 84.7 Å². The Kier molecular flexibility index (Phi) is 30.3. The molecule has 5 amide bonds. The predicted molar refractivity (Wildman–Crippen MR) is 503 cm³/mol. The van der Waals surface area contributed by atoms with Gasteiger partial charge in [-0.2, -0.15) is 25.5 Å². The van der Waals surface area contributed by atoms with Gasteiger partial charge in [0.1, 0.15) is 23.3 Å². The van der Waals surface area contributed by atoms with Gasteiger partial charge >= 0.3 is 5.97 Å². The van der Waals surface area contributed by atoms with E-state index in [-0.39, 0.29) is 70.4 Å². The molecule has 5 aliphatic heterocycles. The number of aryl methyl sites for hydroxylation is 1. The van der Waals surface area contributed by atoms with Crippen molar-refractivity contribution in [1.82, 2.24) is 98.3 Å². The van der Waals surface area contributed by atoms with Gasteiger partial charge in [0.05, 0.1) is 69.4 Å². The summed E-state index contributed by atoms with van der Waals surface area (Å²) < 4.78 is 66.9. The normalized spacial score (nSPS) is 14.5. The number of rotatable bonds is 17. The lowest BCUT2D eigenvalue weighted by molar-refractivity contribution is -0.149. The van der Waals surface area contributed by atoms with Gasteiger partial charge in [-0.15, -0.1) is 0 Å². The molecular weight excluding hydrogens is 1720 g/mol. The van der Waals surface area contributed by atoms with Gasteiger partial charge in [0, 0.05) is 155 Å². The van der Waals surface area contributed by atoms with Crippen molar-refractivity contribution in [3.8, 4) is 84.7 Å². The van der Waals surface area contributed by atoms with Gasteiger partial charge in [0.15, 0.2) is 28.5 Å². The van der Waals surface area contributed by atoms with E-state index in [0.717, 1.165) is 173 Å². The van der Waals surface area contributed by atoms with E-state index in [1.165, 1.54) is 54.1 Å². The fraction of sp³-hybridized carbons (Fsp3) is 0.269. The zero-order valence-corrected chi connectivity index (χ0v) is 75.2. The van der Waals surface area contributed by atoms with Gasteiger partial charge in [0.25, 0.3) is 29.5 Å². The lowest BCUT2D eigenvalue weighted by Gasteiger charge is -2.30. The topological polar surface area (TPSA) is 281 Å². The van der Waals surface area contributed by atoms with Crippen LogP contribution in [0.15, 0.2) is 274 Å². The van der Waals surface area contributed by atoms with Gasteiger partial charge in [-0.3, -0.25) is 53.7 Å². The Labute approximate surface area is 778 Å². The second-order valence-electron chi connectivity index (χ2n) is 33.6. The highest BCUT2D eigenvalue weighted by Crippen LogP contribution is 2.33. The SMILES string of the molecule is CCOC(=O)C1CCN(C(=O)c2cc(-c3cccnc3)n(-c3ccc(F)cc3)n2)CC1.Cc1ccc(-n2nc(C(=O)N3CCC(C)CC3)cc2-c2cccnc2)cc1.O=C(c1cc(-c2cccnc2)n(-c2ccc(F)cc2)n1)N1CCCC1.O=C(c1cc(-c2cccnc2)n(-c2ccc(F)cc2)n1)N1CCCCCC1.O=C(c1cc(-c2ccncc2)n(-c2ccc(F)cc2)n1)N1CCCC1. The van der Waals surface area contributed by atoms with E-state index in [1.54, 1.807) is 171 Å². The number of benzene rings is 5. The van der Waals surface area contributed by atoms with E-state index < -0.39 is 0 Å². The van der Waals surface area contributed by atoms with Crippen LogP contribution in [0.4, 0.5) is 17.6 Å². The lowest BCUT2D eigenvalue weighted by atomic mass is 9.97. The molecule has 20 rings (SSSR count). The lowest BCUT2D eigenvalue weighted by Crippen LogP contribution is -2.40. The van der Waals surface area contributed by atoms with Crippen molar-refractivity contribution in [2.75, 3.05) is 72.1 Å². The highest BCUT2D eigenvalue weighted by atomic mass is 19.1. The summed E-state index contributed by atoms with van der Waals surface area (Å²) >= 11 is 0. The van der Waals surface area contributed by atoms with Gasteiger partial charge in [0.2, 0.25) is 0 Å². The van der Waals surface area contributed by atoms with Crippen LogP contribution in [-0.4, -0.2) is 206 Å². The van der Waals surface area contributed by atoms with Crippen LogP contribution in [0, 0.1) is 42.0 Å². The molecular formula is C104H102F4N20O7. The van der Waals surface area contributed by atoms with Crippen LogP contribution in [0.2, 0.25) is 0 Å². The summed E-state index contributed by atoms with van der Waals surface area (Å²) in [6.07, 6.45) is 28.9. The van der Waals surface area contributed by atoms with Crippen LogP contribution in [-0.2, 0) is 9.53 Å². The minimum atomic E-state index is -0.348. The number of ether oxygens (including phenoxy) is 1. The van der Waals surface area contributed by atoms with Crippen LogP contribution >= 0.6 is 0 Å². The van der Waals surface area contributed by atoms with Gasteiger partial charge in [-0.1, -0.05) is 37.5 Å². The Bertz CT molecular complexity index is 6340. The summed E-state index contributed by atoms with van der Waals surface area (Å²) in [5, 5.41) is 22.8.